The topological polar surface area (TPSA) is 95.3 Å². The highest BCUT2D eigenvalue weighted by atomic mass is 16.6. The maximum absolute atomic E-state index is 12.1. The van der Waals surface area contributed by atoms with Crippen LogP contribution in [-0.2, 0) is 9.53 Å². The number of aromatic nitrogens is 3. The van der Waals surface area contributed by atoms with Gasteiger partial charge in [-0.2, -0.15) is 9.78 Å². The zero-order valence-corrected chi connectivity index (χ0v) is 16.4. The molecular formula is C20H24N4O4. The minimum absolute atomic E-state index is 0.0343. The molecule has 0 spiro atoms. The summed E-state index contributed by atoms with van der Waals surface area (Å²) in [6.07, 6.45) is 7.70. The van der Waals surface area contributed by atoms with E-state index in [-0.39, 0.29) is 11.9 Å². The molecule has 8 nitrogen and oxygen atoms in total. The SMILES string of the molecule is COc1nc(/C=C\[C@H]2CCC(=O)N2)ccc1-c1cnn(C(=O)OC(C)(C)C)c1. The van der Waals surface area contributed by atoms with Crippen molar-refractivity contribution in [3.8, 4) is 17.0 Å². The van der Waals surface area contributed by atoms with E-state index in [1.165, 1.54) is 7.11 Å². The van der Waals surface area contributed by atoms with Crippen LogP contribution in [0.15, 0.2) is 30.6 Å². The third-order valence-corrected chi connectivity index (χ3v) is 4.08. The third kappa shape index (κ3) is 4.76. The van der Waals surface area contributed by atoms with Crippen LogP contribution >= 0.6 is 0 Å². The van der Waals surface area contributed by atoms with Gasteiger partial charge in [0.1, 0.15) is 5.60 Å². The highest BCUT2D eigenvalue weighted by Gasteiger charge is 2.20. The van der Waals surface area contributed by atoms with Gasteiger partial charge in [-0.05, 0) is 45.4 Å². The smallest absolute Gasteiger partial charge is 0.435 e. The predicted molar refractivity (Wildman–Crippen MR) is 104 cm³/mol. The van der Waals surface area contributed by atoms with E-state index in [2.05, 4.69) is 15.4 Å². The quantitative estimate of drug-likeness (QED) is 0.871. The number of hydrogen-bond acceptors (Lipinski definition) is 6. The van der Waals surface area contributed by atoms with E-state index in [9.17, 15) is 9.59 Å². The normalized spacial score (nSPS) is 17.0. The summed E-state index contributed by atoms with van der Waals surface area (Å²) in [6, 6.07) is 3.73. The van der Waals surface area contributed by atoms with Gasteiger partial charge >= 0.3 is 6.09 Å². The van der Waals surface area contributed by atoms with Crippen LogP contribution in [0, 0.1) is 0 Å². The minimum Gasteiger partial charge on any atom is -0.481 e. The van der Waals surface area contributed by atoms with Crippen molar-refractivity contribution >= 4 is 18.1 Å². The Hall–Kier alpha value is -3.16. The van der Waals surface area contributed by atoms with E-state index < -0.39 is 11.7 Å². The lowest BCUT2D eigenvalue weighted by Crippen LogP contribution is -2.27. The molecule has 1 atom stereocenters. The van der Waals surface area contributed by atoms with Crippen molar-refractivity contribution in [3.63, 3.8) is 0 Å². The maximum Gasteiger partial charge on any atom is 0.435 e. The second-order valence-corrected chi connectivity index (χ2v) is 7.52. The maximum atomic E-state index is 12.1. The molecular weight excluding hydrogens is 360 g/mol. The van der Waals surface area contributed by atoms with Crippen LogP contribution in [0.1, 0.15) is 39.3 Å². The van der Waals surface area contributed by atoms with Gasteiger partial charge in [-0.15, -0.1) is 0 Å². The minimum atomic E-state index is -0.602. The Labute approximate surface area is 163 Å². The van der Waals surface area contributed by atoms with Gasteiger partial charge in [0.15, 0.2) is 0 Å². The monoisotopic (exact) mass is 384 g/mol. The molecule has 2 aromatic rings. The molecule has 28 heavy (non-hydrogen) atoms. The van der Waals surface area contributed by atoms with E-state index in [0.29, 0.717) is 29.1 Å². The van der Waals surface area contributed by atoms with Crippen molar-refractivity contribution < 1.29 is 19.1 Å². The van der Waals surface area contributed by atoms with Crippen LogP contribution in [0.2, 0.25) is 0 Å². The van der Waals surface area contributed by atoms with Crippen LogP contribution in [0.3, 0.4) is 0 Å². The van der Waals surface area contributed by atoms with E-state index in [1.54, 1.807) is 33.2 Å². The van der Waals surface area contributed by atoms with Crippen LogP contribution in [0.25, 0.3) is 17.2 Å². The summed E-state index contributed by atoms with van der Waals surface area (Å²) in [4.78, 5) is 27.9. The molecule has 0 aromatic carbocycles. The van der Waals surface area contributed by atoms with Gasteiger partial charge in [0.05, 0.1) is 19.0 Å². The summed E-state index contributed by atoms with van der Waals surface area (Å²) < 4.78 is 11.9. The first-order valence-electron chi connectivity index (χ1n) is 9.06. The molecule has 0 radical (unpaired) electrons. The Kier molecular flexibility index (Phi) is 5.48. The zero-order valence-electron chi connectivity index (χ0n) is 16.4. The van der Waals surface area contributed by atoms with Crippen molar-refractivity contribution in [1.29, 1.82) is 0 Å². The molecule has 1 amide bonds. The molecule has 0 saturated carbocycles. The van der Waals surface area contributed by atoms with Gasteiger partial charge in [-0.1, -0.05) is 6.08 Å². The van der Waals surface area contributed by atoms with Gasteiger partial charge in [0, 0.05) is 29.8 Å². The van der Waals surface area contributed by atoms with E-state index in [0.717, 1.165) is 11.1 Å². The predicted octanol–water partition coefficient (Wildman–Crippen LogP) is 3.03. The van der Waals surface area contributed by atoms with Crippen molar-refractivity contribution in [2.45, 2.75) is 45.3 Å². The molecule has 1 aliphatic rings. The molecule has 1 saturated heterocycles. The summed E-state index contributed by atoms with van der Waals surface area (Å²) in [5, 5.41) is 6.95. The van der Waals surface area contributed by atoms with Crippen molar-refractivity contribution in [2.75, 3.05) is 7.11 Å². The second kappa shape index (κ2) is 7.84. The fourth-order valence-electron chi connectivity index (χ4n) is 2.79. The Balaban J connectivity index is 1.78. The summed E-state index contributed by atoms with van der Waals surface area (Å²) in [5.41, 5.74) is 1.51. The zero-order chi connectivity index (χ0) is 20.3. The largest absolute Gasteiger partial charge is 0.481 e. The highest BCUT2D eigenvalue weighted by Crippen LogP contribution is 2.28. The lowest BCUT2D eigenvalue weighted by Gasteiger charge is -2.18. The number of nitrogens with zero attached hydrogens (tertiary/aromatic N) is 3. The van der Waals surface area contributed by atoms with E-state index >= 15 is 0 Å². The van der Waals surface area contributed by atoms with Gasteiger partial charge in [0.2, 0.25) is 11.8 Å². The number of pyridine rings is 1. The van der Waals surface area contributed by atoms with Gasteiger partial charge in [-0.25, -0.2) is 9.78 Å². The first-order valence-corrected chi connectivity index (χ1v) is 9.06. The van der Waals surface area contributed by atoms with Crippen molar-refractivity contribution in [3.05, 3.63) is 36.3 Å². The number of carbonyl (C=O) groups excluding carboxylic acids is 2. The number of carbonyl (C=O) groups is 2. The van der Waals surface area contributed by atoms with Gasteiger partial charge in [0.25, 0.3) is 0 Å². The molecule has 0 bridgehead atoms. The summed E-state index contributed by atoms with van der Waals surface area (Å²) in [5.74, 6) is 0.485. The molecule has 3 heterocycles. The number of hydrogen-bond donors (Lipinski definition) is 1. The Morgan fingerprint density at radius 3 is 2.79 bits per heavy atom. The summed E-state index contributed by atoms with van der Waals surface area (Å²) in [7, 11) is 1.54. The Bertz CT molecular complexity index is 911. The van der Waals surface area contributed by atoms with E-state index in [4.69, 9.17) is 9.47 Å². The fourth-order valence-corrected chi connectivity index (χ4v) is 2.79. The average molecular weight is 384 g/mol. The molecule has 3 rings (SSSR count). The standard InChI is InChI=1S/C20H24N4O4/c1-20(2,3)28-19(26)24-12-13(11-21-24)16-9-7-15(23-18(16)27-4)6-5-14-8-10-17(25)22-14/h5-7,9,11-12,14H,8,10H2,1-4H3,(H,22,25)/b6-5-/t14-/m0/s1. The lowest BCUT2D eigenvalue weighted by atomic mass is 10.1. The first-order chi connectivity index (χ1) is 13.2. The highest BCUT2D eigenvalue weighted by molar-refractivity contribution is 5.79. The van der Waals surface area contributed by atoms with Gasteiger partial charge < -0.3 is 14.8 Å². The third-order valence-electron chi connectivity index (χ3n) is 4.08. The molecule has 1 fully saturated rings. The molecule has 2 aromatic heterocycles. The molecule has 0 unspecified atom stereocenters. The Morgan fingerprint density at radius 1 is 1.36 bits per heavy atom. The number of ether oxygens (including phenoxy) is 2. The van der Waals surface area contributed by atoms with Crippen LogP contribution in [0.4, 0.5) is 4.79 Å². The van der Waals surface area contributed by atoms with Crippen LogP contribution in [0.5, 0.6) is 5.88 Å². The van der Waals surface area contributed by atoms with Crippen LogP contribution in [-0.4, -0.2) is 45.5 Å². The average Bonchev–Trinajstić information content (AvgIpc) is 3.27. The molecule has 148 valence electrons. The number of nitrogens with one attached hydrogen (secondary N) is 1. The second-order valence-electron chi connectivity index (χ2n) is 7.52. The molecule has 8 heteroatoms. The molecule has 0 aliphatic carbocycles. The lowest BCUT2D eigenvalue weighted by molar-refractivity contribution is -0.119. The number of rotatable bonds is 4. The van der Waals surface area contributed by atoms with Crippen LogP contribution < -0.4 is 10.1 Å². The molecule has 1 aliphatic heterocycles. The van der Waals surface area contributed by atoms with Crippen molar-refractivity contribution in [2.24, 2.45) is 0 Å². The van der Waals surface area contributed by atoms with Gasteiger partial charge in [-0.3, -0.25) is 4.79 Å². The van der Waals surface area contributed by atoms with E-state index in [1.807, 2.05) is 24.3 Å². The summed E-state index contributed by atoms with van der Waals surface area (Å²) in [6.45, 7) is 5.39. The molecule has 1 N–H and O–H groups in total. The fraction of sp³-hybridized carbons (Fsp3) is 0.400. The number of methoxy groups -OCH3 is 1. The number of amides is 1. The Morgan fingerprint density at radius 2 is 2.14 bits per heavy atom. The first kappa shape index (κ1) is 19.6. The van der Waals surface area contributed by atoms with Crippen molar-refractivity contribution in [1.82, 2.24) is 20.1 Å². The summed E-state index contributed by atoms with van der Waals surface area (Å²) >= 11 is 0.